The van der Waals surface area contributed by atoms with E-state index < -0.39 is 0 Å². The summed E-state index contributed by atoms with van der Waals surface area (Å²) in [6.45, 7) is 0.410. The second-order valence-electron chi connectivity index (χ2n) is 4.81. The van der Waals surface area contributed by atoms with Crippen molar-refractivity contribution >= 4 is 6.29 Å². The van der Waals surface area contributed by atoms with E-state index in [1.165, 1.54) is 11.1 Å². The molecule has 0 saturated carbocycles. The molecular formula is C16H16O3. The fourth-order valence-electron chi connectivity index (χ4n) is 2.60. The van der Waals surface area contributed by atoms with E-state index in [0.717, 1.165) is 19.3 Å². The monoisotopic (exact) mass is 256 g/mol. The Morgan fingerprint density at radius 2 is 2.16 bits per heavy atom. The molecule has 0 amide bonds. The number of hydrogen-bond donors (Lipinski definition) is 0. The van der Waals surface area contributed by atoms with E-state index in [1.54, 1.807) is 12.1 Å². The molecule has 3 nitrogen and oxygen atoms in total. The van der Waals surface area contributed by atoms with Gasteiger partial charge in [-0.2, -0.15) is 0 Å². The molecule has 1 aliphatic carbocycles. The lowest BCUT2D eigenvalue weighted by Gasteiger charge is -2.25. The molecule has 0 saturated heterocycles. The van der Waals surface area contributed by atoms with Crippen LogP contribution in [0.5, 0.6) is 0 Å². The highest BCUT2D eigenvalue weighted by atomic mass is 16.5. The van der Waals surface area contributed by atoms with E-state index in [4.69, 9.17) is 9.15 Å². The lowest BCUT2D eigenvalue weighted by molar-refractivity contribution is 0.0190. The van der Waals surface area contributed by atoms with E-state index in [9.17, 15) is 4.79 Å². The van der Waals surface area contributed by atoms with Crippen molar-refractivity contribution in [3.63, 3.8) is 0 Å². The van der Waals surface area contributed by atoms with Crippen LogP contribution in [0.4, 0.5) is 0 Å². The van der Waals surface area contributed by atoms with Gasteiger partial charge in [-0.1, -0.05) is 24.3 Å². The van der Waals surface area contributed by atoms with Gasteiger partial charge in [-0.05, 0) is 42.5 Å². The number of benzene rings is 1. The SMILES string of the molecule is O=Cc1ccc(COC2CCCc3ccccc32)o1. The molecule has 0 aliphatic heterocycles. The largest absolute Gasteiger partial charge is 0.456 e. The van der Waals surface area contributed by atoms with E-state index in [0.29, 0.717) is 24.4 Å². The number of aryl methyl sites for hydroxylation is 1. The zero-order chi connectivity index (χ0) is 13.1. The van der Waals surface area contributed by atoms with E-state index in [-0.39, 0.29) is 6.10 Å². The number of fused-ring (bicyclic) bond motifs is 1. The van der Waals surface area contributed by atoms with Crippen LogP contribution in [0.25, 0.3) is 0 Å². The topological polar surface area (TPSA) is 39.4 Å². The minimum absolute atomic E-state index is 0.134. The molecular weight excluding hydrogens is 240 g/mol. The Labute approximate surface area is 112 Å². The second kappa shape index (κ2) is 5.41. The van der Waals surface area contributed by atoms with Gasteiger partial charge in [0.05, 0.1) is 6.10 Å². The molecule has 0 N–H and O–H groups in total. The van der Waals surface area contributed by atoms with Gasteiger partial charge in [-0.3, -0.25) is 4.79 Å². The molecule has 0 bridgehead atoms. The molecule has 3 rings (SSSR count). The maximum Gasteiger partial charge on any atom is 0.185 e. The molecule has 1 aliphatic rings. The predicted octanol–water partition coefficient (Wildman–Crippen LogP) is 3.69. The standard InChI is InChI=1S/C16H16O3/c17-10-13-8-9-14(19-13)11-18-16-7-3-5-12-4-1-2-6-15(12)16/h1-2,4,6,8-10,16H,3,5,7,11H2. The zero-order valence-electron chi connectivity index (χ0n) is 10.7. The first-order valence-electron chi connectivity index (χ1n) is 6.60. The first-order valence-corrected chi connectivity index (χ1v) is 6.60. The predicted molar refractivity (Wildman–Crippen MR) is 71.0 cm³/mol. The molecule has 0 radical (unpaired) electrons. The normalized spacial score (nSPS) is 18.0. The van der Waals surface area contributed by atoms with Crippen LogP contribution in [-0.4, -0.2) is 6.29 Å². The van der Waals surface area contributed by atoms with Gasteiger partial charge in [0, 0.05) is 0 Å². The van der Waals surface area contributed by atoms with Gasteiger partial charge in [0.15, 0.2) is 12.0 Å². The van der Waals surface area contributed by atoms with Gasteiger partial charge in [-0.15, -0.1) is 0 Å². The van der Waals surface area contributed by atoms with E-state index in [2.05, 4.69) is 24.3 Å². The van der Waals surface area contributed by atoms with E-state index in [1.807, 2.05) is 0 Å². The van der Waals surface area contributed by atoms with Crippen LogP contribution in [0.15, 0.2) is 40.8 Å². The summed E-state index contributed by atoms with van der Waals surface area (Å²) in [7, 11) is 0. The van der Waals surface area contributed by atoms with Crippen LogP contribution >= 0.6 is 0 Å². The maximum atomic E-state index is 10.6. The molecule has 1 aromatic carbocycles. The number of carbonyl (C=O) groups excluding carboxylic acids is 1. The molecule has 1 aromatic heterocycles. The second-order valence-corrected chi connectivity index (χ2v) is 4.81. The molecule has 98 valence electrons. The Hall–Kier alpha value is -1.87. The Kier molecular flexibility index (Phi) is 3.47. The van der Waals surface area contributed by atoms with Crippen LogP contribution in [-0.2, 0) is 17.8 Å². The minimum Gasteiger partial charge on any atom is -0.456 e. The average Bonchev–Trinajstić information content (AvgIpc) is 2.93. The van der Waals surface area contributed by atoms with Gasteiger partial charge in [0.1, 0.15) is 12.4 Å². The van der Waals surface area contributed by atoms with Crippen molar-refractivity contribution in [3.05, 3.63) is 59.0 Å². The number of rotatable bonds is 4. The smallest absolute Gasteiger partial charge is 0.185 e. The van der Waals surface area contributed by atoms with Gasteiger partial charge < -0.3 is 9.15 Å². The number of hydrogen-bond acceptors (Lipinski definition) is 3. The lowest BCUT2D eigenvalue weighted by Crippen LogP contribution is -2.12. The Morgan fingerprint density at radius 3 is 3.00 bits per heavy atom. The van der Waals surface area contributed by atoms with Gasteiger partial charge in [-0.25, -0.2) is 0 Å². The fraction of sp³-hybridized carbons (Fsp3) is 0.312. The summed E-state index contributed by atoms with van der Waals surface area (Å²) in [6, 6.07) is 11.9. The molecule has 0 fully saturated rings. The highest BCUT2D eigenvalue weighted by molar-refractivity contribution is 5.70. The first kappa shape index (κ1) is 12.2. The highest BCUT2D eigenvalue weighted by Crippen LogP contribution is 2.32. The van der Waals surface area contributed by atoms with Crippen molar-refractivity contribution in [2.75, 3.05) is 0 Å². The van der Waals surface area contributed by atoms with Crippen LogP contribution in [0.2, 0.25) is 0 Å². The fourth-order valence-corrected chi connectivity index (χ4v) is 2.60. The van der Waals surface area contributed by atoms with Crippen molar-refractivity contribution in [3.8, 4) is 0 Å². The Morgan fingerprint density at radius 1 is 1.26 bits per heavy atom. The van der Waals surface area contributed by atoms with Gasteiger partial charge >= 0.3 is 0 Å². The molecule has 1 unspecified atom stereocenters. The molecule has 1 heterocycles. The third-order valence-electron chi connectivity index (χ3n) is 3.54. The summed E-state index contributed by atoms with van der Waals surface area (Å²) in [5, 5.41) is 0. The molecule has 19 heavy (non-hydrogen) atoms. The summed E-state index contributed by atoms with van der Waals surface area (Å²) in [5.41, 5.74) is 2.67. The van der Waals surface area contributed by atoms with E-state index >= 15 is 0 Å². The summed E-state index contributed by atoms with van der Waals surface area (Å²) in [4.78, 5) is 10.6. The summed E-state index contributed by atoms with van der Waals surface area (Å²) in [6.07, 6.45) is 4.16. The third-order valence-corrected chi connectivity index (χ3v) is 3.54. The number of aldehydes is 1. The highest BCUT2D eigenvalue weighted by Gasteiger charge is 2.20. The molecule has 0 spiro atoms. The van der Waals surface area contributed by atoms with Gasteiger partial charge in [0.2, 0.25) is 0 Å². The lowest BCUT2D eigenvalue weighted by atomic mass is 9.89. The third kappa shape index (κ3) is 2.61. The first-order chi connectivity index (χ1) is 9.36. The van der Waals surface area contributed by atoms with Crippen molar-refractivity contribution in [1.29, 1.82) is 0 Å². The maximum absolute atomic E-state index is 10.6. The van der Waals surface area contributed by atoms with Gasteiger partial charge in [0.25, 0.3) is 0 Å². The summed E-state index contributed by atoms with van der Waals surface area (Å²) < 4.78 is 11.3. The zero-order valence-corrected chi connectivity index (χ0v) is 10.7. The summed E-state index contributed by atoms with van der Waals surface area (Å²) in [5.74, 6) is 1.05. The summed E-state index contributed by atoms with van der Waals surface area (Å²) >= 11 is 0. The Bertz CT molecular complexity index is 571. The van der Waals surface area contributed by atoms with Crippen LogP contribution < -0.4 is 0 Å². The van der Waals surface area contributed by atoms with Crippen molar-refractivity contribution in [2.24, 2.45) is 0 Å². The van der Waals surface area contributed by atoms with Crippen molar-refractivity contribution in [2.45, 2.75) is 32.0 Å². The minimum atomic E-state index is 0.134. The van der Waals surface area contributed by atoms with Crippen molar-refractivity contribution < 1.29 is 13.9 Å². The van der Waals surface area contributed by atoms with Crippen LogP contribution in [0.1, 0.15) is 46.4 Å². The van der Waals surface area contributed by atoms with Crippen LogP contribution in [0, 0.1) is 0 Å². The Balaban J connectivity index is 1.69. The average molecular weight is 256 g/mol. The number of ether oxygens (including phenoxy) is 1. The number of carbonyl (C=O) groups is 1. The molecule has 1 atom stereocenters. The van der Waals surface area contributed by atoms with Crippen molar-refractivity contribution in [1.82, 2.24) is 0 Å². The number of furan rings is 1. The molecule has 3 heteroatoms. The van der Waals surface area contributed by atoms with Crippen LogP contribution in [0.3, 0.4) is 0 Å². The molecule has 2 aromatic rings. The quantitative estimate of drug-likeness (QED) is 0.783.